The maximum absolute atomic E-state index is 4.98. The van der Waals surface area contributed by atoms with Crippen molar-refractivity contribution in [2.75, 3.05) is 5.06 Å². The molecule has 0 bridgehead atoms. The van der Waals surface area contributed by atoms with E-state index in [2.05, 4.69) is 15.1 Å². The summed E-state index contributed by atoms with van der Waals surface area (Å²) < 4.78 is 4.77. The number of hydroxylamine groups is 1. The molecule has 1 aromatic rings. The van der Waals surface area contributed by atoms with Gasteiger partial charge in [-0.25, -0.2) is 9.83 Å². The number of rotatable bonds is 1. The summed E-state index contributed by atoms with van der Waals surface area (Å²) in [7, 11) is 0. The highest BCUT2D eigenvalue weighted by atomic mass is 16.7. The van der Waals surface area contributed by atoms with Crippen molar-refractivity contribution >= 4 is 11.8 Å². The van der Waals surface area contributed by atoms with E-state index in [9.17, 15) is 0 Å². The van der Waals surface area contributed by atoms with Crippen LogP contribution in [0, 0.1) is 13.7 Å². The zero-order valence-electron chi connectivity index (χ0n) is 6.68. The number of nitrogens with zero attached hydrogens (tertiary/aromatic N) is 4. The first-order valence-electron chi connectivity index (χ1n) is 3.40. The first-order valence-corrected chi connectivity index (χ1v) is 3.40. The largest absolute Gasteiger partial charge is 0.338 e. The van der Waals surface area contributed by atoms with Crippen LogP contribution >= 0.6 is 0 Å². The van der Waals surface area contributed by atoms with Crippen LogP contribution in [0.5, 0.6) is 0 Å². The van der Waals surface area contributed by atoms with Gasteiger partial charge in [0.15, 0.2) is 0 Å². The topological polar surface area (TPSA) is 63.8 Å². The molecule has 1 aliphatic rings. The molecule has 1 aliphatic heterocycles. The molecule has 12 heavy (non-hydrogen) atoms. The van der Waals surface area contributed by atoms with Gasteiger partial charge in [-0.15, -0.1) is 0 Å². The smallest absolute Gasteiger partial charge is 0.296 e. The standard InChI is InChI=1S/C6H7N4O2/c1-4-7-3-11-10(4)6-8-5(2)12-9-6/h3H,1-2H3. The lowest BCUT2D eigenvalue weighted by Crippen LogP contribution is -2.23. The van der Waals surface area contributed by atoms with E-state index in [0.29, 0.717) is 17.7 Å². The Bertz CT molecular complexity index is 319. The summed E-state index contributed by atoms with van der Waals surface area (Å²) in [5, 5.41) is 5.05. The average Bonchev–Trinajstić information content (AvgIpc) is 2.58. The third kappa shape index (κ3) is 1.06. The molecular weight excluding hydrogens is 160 g/mol. The van der Waals surface area contributed by atoms with Crippen molar-refractivity contribution in [2.45, 2.75) is 13.8 Å². The summed E-state index contributed by atoms with van der Waals surface area (Å²) >= 11 is 0. The molecule has 0 N–H and O–H groups in total. The molecule has 0 saturated heterocycles. The van der Waals surface area contributed by atoms with Crippen molar-refractivity contribution in [2.24, 2.45) is 4.99 Å². The van der Waals surface area contributed by atoms with Crippen LogP contribution in [0.25, 0.3) is 0 Å². The Kier molecular flexibility index (Phi) is 1.54. The number of anilines is 1. The Morgan fingerprint density at radius 2 is 2.25 bits per heavy atom. The minimum atomic E-state index is 0.363. The summed E-state index contributed by atoms with van der Waals surface area (Å²) in [4.78, 5) is 12.8. The molecule has 0 aliphatic carbocycles. The lowest BCUT2D eigenvalue weighted by Gasteiger charge is -2.08. The molecule has 0 unspecified atom stereocenters. The molecule has 0 spiro atoms. The summed E-state index contributed by atoms with van der Waals surface area (Å²) in [6, 6.07) is 0. The predicted molar refractivity (Wildman–Crippen MR) is 40.0 cm³/mol. The van der Waals surface area contributed by atoms with E-state index in [-0.39, 0.29) is 0 Å². The minimum Gasteiger partial charge on any atom is -0.338 e. The molecule has 0 fully saturated rings. The van der Waals surface area contributed by atoms with Gasteiger partial charge in [-0.1, -0.05) is 0 Å². The first kappa shape index (κ1) is 7.23. The predicted octanol–water partition coefficient (Wildman–Crippen LogP) is 0.667. The second-order valence-electron chi connectivity index (χ2n) is 2.29. The van der Waals surface area contributed by atoms with Crippen molar-refractivity contribution < 1.29 is 9.36 Å². The second-order valence-corrected chi connectivity index (χ2v) is 2.29. The van der Waals surface area contributed by atoms with Gasteiger partial charge in [-0.2, -0.15) is 10.0 Å². The number of hydrogen-bond donors (Lipinski definition) is 0. The molecule has 2 rings (SSSR count). The van der Waals surface area contributed by atoms with Gasteiger partial charge in [-0.05, 0) is 12.1 Å². The van der Waals surface area contributed by atoms with Crippen LogP contribution < -0.4 is 5.06 Å². The van der Waals surface area contributed by atoms with Gasteiger partial charge < -0.3 is 4.52 Å². The molecule has 63 valence electrons. The SMILES string of the molecule is CC1=N[CH]ON1c1noc(C)n1. The highest BCUT2D eigenvalue weighted by Crippen LogP contribution is 2.15. The second kappa shape index (κ2) is 2.56. The van der Waals surface area contributed by atoms with E-state index in [1.54, 1.807) is 13.8 Å². The summed E-state index contributed by atoms with van der Waals surface area (Å²) in [6.07, 6.45) is 0. The van der Waals surface area contributed by atoms with Crippen LogP contribution in [-0.4, -0.2) is 16.0 Å². The lowest BCUT2D eigenvalue weighted by atomic mass is 10.6. The molecule has 0 saturated carbocycles. The number of amidine groups is 1. The fourth-order valence-corrected chi connectivity index (χ4v) is 0.839. The Balaban J connectivity index is 2.26. The van der Waals surface area contributed by atoms with E-state index in [0.717, 1.165) is 0 Å². The van der Waals surface area contributed by atoms with Gasteiger partial charge in [0.25, 0.3) is 5.95 Å². The molecule has 1 radical (unpaired) electrons. The van der Waals surface area contributed by atoms with Crippen molar-refractivity contribution in [3.8, 4) is 0 Å². The number of hydrogen-bond acceptors (Lipinski definition) is 6. The molecule has 0 aromatic carbocycles. The van der Waals surface area contributed by atoms with Gasteiger partial charge in [-0.3, -0.25) is 0 Å². The fraction of sp³-hybridized carbons (Fsp3) is 0.333. The Morgan fingerprint density at radius 1 is 1.42 bits per heavy atom. The molecule has 1 aromatic heterocycles. The van der Waals surface area contributed by atoms with Gasteiger partial charge in [0, 0.05) is 6.92 Å². The van der Waals surface area contributed by atoms with E-state index < -0.39 is 0 Å². The maximum atomic E-state index is 4.98. The number of aromatic nitrogens is 2. The molecule has 0 atom stereocenters. The Hall–Kier alpha value is -1.43. The number of aliphatic imine (C=N–C) groups is 1. The van der Waals surface area contributed by atoms with Crippen LogP contribution in [-0.2, 0) is 4.84 Å². The summed E-state index contributed by atoms with van der Waals surface area (Å²) in [6.45, 7) is 4.82. The van der Waals surface area contributed by atoms with Gasteiger partial charge in [0.1, 0.15) is 5.84 Å². The van der Waals surface area contributed by atoms with E-state index in [4.69, 9.17) is 9.36 Å². The van der Waals surface area contributed by atoms with Crippen LogP contribution in [0.15, 0.2) is 9.52 Å². The van der Waals surface area contributed by atoms with Crippen LogP contribution in [0.1, 0.15) is 12.8 Å². The zero-order chi connectivity index (χ0) is 8.55. The van der Waals surface area contributed by atoms with Gasteiger partial charge in [0.2, 0.25) is 12.6 Å². The molecule has 6 nitrogen and oxygen atoms in total. The van der Waals surface area contributed by atoms with Gasteiger partial charge >= 0.3 is 0 Å². The normalized spacial score (nSPS) is 16.8. The highest BCUT2D eigenvalue weighted by molar-refractivity contribution is 5.93. The molecule has 6 heteroatoms. The van der Waals surface area contributed by atoms with Gasteiger partial charge in [0.05, 0.1) is 0 Å². The van der Waals surface area contributed by atoms with Crippen molar-refractivity contribution in [3.05, 3.63) is 12.6 Å². The minimum absolute atomic E-state index is 0.363. The molecule has 2 heterocycles. The summed E-state index contributed by atoms with van der Waals surface area (Å²) in [5.41, 5.74) is 0. The van der Waals surface area contributed by atoms with E-state index in [1.807, 2.05) is 0 Å². The Labute approximate surface area is 68.8 Å². The average molecular weight is 167 g/mol. The quantitative estimate of drug-likeness (QED) is 0.615. The zero-order valence-corrected chi connectivity index (χ0v) is 6.68. The first-order chi connectivity index (χ1) is 5.77. The maximum Gasteiger partial charge on any atom is 0.296 e. The summed E-state index contributed by atoms with van der Waals surface area (Å²) in [5.74, 6) is 1.53. The van der Waals surface area contributed by atoms with Crippen molar-refractivity contribution in [1.82, 2.24) is 10.1 Å². The Morgan fingerprint density at radius 3 is 2.75 bits per heavy atom. The third-order valence-corrected chi connectivity index (χ3v) is 1.38. The van der Waals surface area contributed by atoms with E-state index in [1.165, 1.54) is 11.8 Å². The third-order valence-electron chi connectivity index (χ3n) is 1.38. The van der Waals surface area contributed by atoms with Crippen molar-refractivity contribution in [1.29, 1.82) is 0 Å². The molecule has 0 amide bonds. The molecular formula is C6H7N4O2. The fourth-order valence-electron chi connectivity index (χ4n) is 0.839. The van der Waals surface area contributed by atoms with Crippen LogP contribution in [0.2, 0.25) is 0 Å². The van der Waals surface area contributed by atoms with E-state index >= 15 is 0 Å². The van der Waals surface area contributed by atoms with Crippen LogP contribution in [0.4, 0.5) is 5.95 Å². The highest BCUT2D eigenvalue weighted by Gasteiger charge is 2.21. The number of aryl methyl sites for hydroxylation is 1. The monoisotopic (exact) mass is 167 g/mol. The lowest BCUT2D eigenvalue weighted by molar-refractivity contribution is 0.224. The van der Waals surface area contributed by atoms with Crippen molar-refractivity contribution in [3.63, 3.8) is 0 Å². The van der Waals surface area contributed by atoms with Crippen LogP contribution in [0.3, 0.4) is 0 Å².